The van der Waals surface area contributed by atoms with E-state index in [-0.39, 0.29) is 6.04 Å². The highest BCUT2D eigenvalue weighted by atomic mass is 16.6. The number of aromatic nitrogens is 1. The predicted molar refractivity (Wildman–Crippen MR) is 75.0 cm³/mol. The molecule has 1 aromatic rings. The predicted octanol–water partition coefficient (Wildman–Crippen LogP) is 1.61. The van der Waals surface area contributed by atoms with Gasteiger partial charge in [0.25, 0.3) is 0 Å². The SMILES string of the molecule is CC(C)(C)OC(=O)NC1CN(c2ccnc(C=O)c2)C1. The smallest absolute Gasteiger partial charge is 0.407 e. The summed E-state index contributed by atoms with van der Waals surface area (Å²) in [5.74, 6) is 0. The fourth-order valence-corrected chi connectivity index (χ4v) is 1.95. The molecule has 1 N–H and O–H groups in total. The number of nitrogens with one attached hydrogen (secondary N) is 1. The molecule has 0 spiro atoms. The lowest BCUT2D eigenvalue weighted by atomic mass is 10.1. The number of amides is 1. The number of ether oxygens (including phenoxy) is 1. The van der Waals surface area contributed by atoms with Crippen LogP contribution in [-0.4, -0.2) is 42.1 Å². The molecule has 2 heterocycles. The topological polar surface area (TPSA) is 71.5 Å². The summed E-state index contributed by atoms with van der Waals surface area (Å²) in [5, 5.41) is 2.81. The average molecular weight is 277 g/mol. The number of aldehydes is 1. The van der Waals surface area contributed by atoms with Crippen LogP contribution in [0.1, 0.15) is 31.3 Å². The van der Waals surface area contributed by atoms with E-state index in [0.29, 0.717) is 18.8 Å². The lowest BCUT2D eigenvalue weighted by Crippen LogP contribution is -2.60. The van der Waals surface area contributed by atoms with Crippen LogP contribution in [0.25, 0.3) is 0 Å². The van der Waals surface area contributed by atoms with Gasteiger partial charge in [-0.1, -0.05) is 0 Å². The first kappa shape index (κ1) is 14.3. The van der Waals surface area contributed by atoms with Gasteiger partial charge >= 0.3 is 6.09 Å². The van der Waals surface area contributed by atoms with Crippen molar-refractivity contribution < 1.29 is 14.3 Å². The maximum atomic E-state index is 11.6. The Bertz CT molecular complexity index is 505. The van der Waals surface area contributed by atoms with Crippen molar-refractivity contribution in [2.75, 3.05) is 18.0 Å². The van der Waals surface area contributed by atoms with E-state index in [1.807, 2.05) is 26.8 Å². The van der Waals surface area contributed by atoms with Crippen LogP contribution in [-0.2, 0) is 4.74 Å². The van der Waals surface area contributed by atoms with Crippen molar-refractivity contribution in [3.8, 4) is 0 Å². The van der Waals surface area contributed by atoms with Gasteiger partial charge in [0, 0.05) is 25.0 Å². The average Bonchev–Trinajstić information content (AvgIpc) is 2.31. The number of rotatable bonds is 3. The summed E-state index contributed by atoms with van der Waals surface area (Å²) in [6.45, 7) is 6.88. The fraction of sp³-hybridized carbons (Fsp3) is 0.500. The van der Waals surface area contributed by atoms with Gasteiger partial charge in [0.2, 0.25) is 0 Å². The summed E-state index contributed by atoms with van der Waals surface area (Å²) < 4.78 is 5.20. The number of hydrogen-bond donors (Lipinski definition) is 1. The molecule has 0 unspecified atom stereocenters. The van der Waals surface area contributed by atoms with E-state index in [9.17, 15) is 9.59 Å². The van der Waals surface area contributed by atoms with Crippen molar-refractivity contribution in [1.29, 1.82) is 0 Å². The molecule has 1 aliphatic heterocycles. The second-order valence-corrected chi connectivity index (χ2v) is 5.80. The molecule has 1 fully saturated rings. The zero-order valence-corrected chi connectivity index (χ0v) is 11.9. The van der Waals surface area contributed by atoms with Gasteiger partial charge in [-0.2, -0.15) is 0 Å². The van der Waals surface area contributed by atoms with Gasteiger partial charge in [-0.15, -0.1) is 0 Å². The molecule has 1 aromatic heterocycles. The molecule has 6 heteroatoms. The molecule has 6 nitrogen and oxygen atoms in total. The maximum Gasteiger partial charge on any atom is 0.407 e. The maximum absolute atomic E-state index is 11.6. The Morgan fingerprint density at radius 2 is 2.20 bits per heavy atom. The molecule has 1 saturated heterocycles. The third-order valence-corrected chi connectivity index (χ3v) is 2.85. The minimum Gasteiger partial charge on any atom is -0.444 e. The van der Waals surface area contributed by atoms with E-state index in [1.165, 1.54) is 0 Å². The Morgan fingerprint density at radius 3 is 2.80 bits per heavy atom. The molecule has 1 aliphatic rings. The summed E-state index contributed by atoms with van der Waals surface area (Å²) >= 11 is 0. The highest BCUT2D eigenvalue weighted by Crippen LogP contribution is 2.20. The van der Waals surface area contributed by atoms with Crippen LogP contribution in [0.3, 0.4) is 0 Å². The van der Waals surface area contributed by atoms with E-state index in [0.717, 1.165) is 12.0 Å². The highest BCUT2D eigenvalue weighted by Gasteiger charge is 2.29. The van der Waals surface area contributed by atoms with Gasteiger partial charge in [0.1, 0.15) is 11.3 Å². The van der Waals surface area contributed by atoms with Crippen LogP contribution in [0.5, 0.6) is 0 Å². The standard InChI is InChI=1S/C14H19N3O3/c1-14(2,3)20-13(19)16-11-7-17(8-11)12-4-5-15-10(6-12)9-18/h4-6,9,11H,7-8H2,1-3H3,(H,16,19). The van der Waals surface area contributed by atoms with Crippen LogP contribution in [0.2, 0.25) is 0 Å². The zero-order chi connectivity index (χ0) is 14.8. The van der Waals surface area contributed by atoms with Gasteiger partial charge < -0.3 is 15.0 Å². The second-order valence-electron chi connectivity index (χ2n) is 5.80. The Balaban J connectivity index is 1.82. The molecule has 0 saturated carbocycles. The van der Waals surface area contributed by atoms with E-state index >= 15 is 0 Å². The van der Waals surface area contributed by atoms with Crippen molar-refractivity contribution in [2.45, 2.75) is 32.4 Å². The number of carbonyl (C=O) groups excluding carboxylic acids is 2. The lowest BCUT2D eigenvalue weighted by molar-refractivity contribution is 0.0496. The minimum atomic E-state index is -0.489. The zero-order valence-electron chi connectivity index (χ0n) is 11.9. The molecule has 0 radical (unpaired) electrons. The van der Waals surface area contributed by atoms with Crippen LogP contribution >= 0.6 is 0 Å². The summed E-state index contributed by atoms with van der Waals surface area (Å²) in [4.78, 5) is 28.3. The largest absolute Gasteiger partial charge is 0.444 e. The van der Waals surface area contributed by atoms with E-state index in [4.69, 9.17) is 4.74 Å². The Kier molecular flexibility index (Phi) is 3.92. The normalized spacial score (nSPS) is 15.4. The summed E-state index contributed by atoms with van der Waals surface area (Å²) in [6, 6.07) is 3.64. The van der Waals surface area contributed by atoms with Gasteiger partial charge in [-0.05, 0) is 32.9 Å². The Hall–Kier alpha value is -2.11. The first-order valence-corrected chi connectivity index (χ1v) is 6.53. The van der Waals surface area contributed by atoms with Gasteiger partial charge in [-0.25, -0.2) is 4.79 Å². The van der Waals surface area contributed by atoms with Gasteiger partial charge in [0.05, 0.1) is 6.04 Å². The number of carbonyl (C=O) groups is 2. The molecule has 1 amide bonds. The third kappa shape index (κ3) is 3.69. The van der Waals surface area contributed by atoms with Gasteiger partial charge in [-0.3, -0.25) is 9.78 Å². The van der Waals surface area contributed by atoms with Crippen molar-refractivity contribution in [2.24, 2.45) is 0 Å². The molecule has 108 valence electrons. The first-order valence-electron chi connectivity index (χ1n) is 6.53. The first-order chi connectivity index (χ1) is 9.37. The van der Waals surface area contributed by atoms with Crippen molar-refractivity contribution in [3.05, 3.63) is 24.0 Å². The summed E-state index contributed by atoms with van der Waals surface area (Å²) in [7, 11) is 0. The van der Waals surface area contributed by atoms with E-state index in [2.05, 4.69) is 15.2 Å². The molecular formula is C14H19N3O3. The number of pyridine rings is 1. The summed E-state index contributed by atoms with van der Waals surface area (Å²) in [6.07, 6.45) is 1.93. The fourth-order valence-electron chi connectivity index (χ4n) is 1.95. The number of alkyl carbamates (subject to hydrolysis) is 1. The number of hydrogen-bond acceptors (Lipinski definition) is 5. The Labute approximate surface area is 118 Å². The number of anilines is 1. The molecule has 20 heavy (non-hydrogen) atoms. The monoisotopic (exact) mass is 277 g/mol. The molecular weight excluding hydrogens is 258 g/mol. The lowest BCUT2D eigenvalue weighted by Gasteiger charge is -2.41. The van der Waals surface area contributed by atoms with Crippen LogP contribution in [0.4, 0.5) is 10.5 Å². The molecule has 0 aromatic carbocycles. The van der Waals surface area contributed by atoms with Crippen LogP contribution < -0.4 is 10.2 Å². The van der Waals surface area contributed by atoms with E-state index < -0.39 is 11.7 Å². The van der Waals surface area contributed by atoms with Crippen molar-refractivity contribution in [3.63, 3.8) is 0 Å². The quantitative estimate of drug-likeness (QED) is 0.850. The molecule has 0 bridgehead atoms. The van der Waals surface area contributed by atoms with Crippen LogP contribution in [0.15, 0.2) is 18.3 Å². The second kappa shape index (κ2) is 5.48. The van der Waals surface area contributed by atoms with E-state index in [1.54, 1.807) is 12.3 Å². The van der Waals surface area contributed by atoms with Crippen molar-refractivity contribution in [1.82, 2.24) is 10.3 Å². The molecule has 0 atom stereocenters. The minimum absolute atomic E-state index is 0.0673. The van der Waals surface area contributed by atoms with Crippen molar-refractivity contribution >= 4 is 18.1 Å². The highest BCUT2D eigenvalue weighted by molar-refractivity contribution is 5.74. The number of nitrogens with zero attached hydrogens (tertiary/aromatic N) is 2. The van der Waals surface area contributed by atoms with Gasteiger partial charge in [0.15, 0.2) is 6.29 Å². The third-order valence-electron chi connectivity index (χ3n) is 2.85. The van der Waals surface area contributed by atoms with Crippen LogP contribution in [0, 0.1) is 0 Å². The molecule has 2 rings (SSSR count). The summed E-state index contributed by atoms with van der Waals surface area (Å²) in [5.41, 5.74) is 0.854. The Morgan fingerprint density at radius 1 is 1.50 bits per heavy atom. The molecule has 0 aliphatic carbocycles.